The highest BCUT2D eigenvalue weighted by Gasteiger charge is 2.30. The summed E-state index contributed by atoms with van der Waals surface area (Å²) in [6.07, 6.45) is -4.72. The first kappa shape index (κ1) is 16.4. The summed E-state index contributed by atoms with van der Waals surface area (Å²) in [7, 11) is 0. The summed E-state index contributed by atoms with van der Waals surface area (Å²) in [4.78, 5) is 11.0. The van der Waals surface area contributed by atoms with Gasteiger partial charge in [0.15, 0.2) is 0 Å². The van der Waals surface area contributed by atoms with E-state index in [1.165, 1.54) is 12.1 Å². The summed E-state index contributed by atoms with van der Waals surface area (Å²) in [6.45, 7) is 1.88. The van der Waals surface area contributed by atoms with Crippen LogP contribution in [0, 0.1) is 0 Å². The fourth-order valence-corrected chi connectivity index (χ4v) is 1.39. The predicted octanol–water partition coefficient (Wildman–Crippen LogP) is 2.71. The molecule has 1 atom stereocenters. The van der Waals surface area contributed by atoms with Gasteiger partial charge in [-0.25, -0.2) is 0 Å². The van der Waals surface area contributed by atoms with Crippen molar-refractivity contribution in [2.75, 3.05) is 12.5 Å². The number of halogens is 4. The van der Waals surface area contributed by atoms with Gasteiger partial charge in [0.2, 0.25) is 5.91 Å². The monoisotopic (exact) mass is 311 g/mol. The lowest BCUT2D eigenvalue weighted by Crippen LogP contribution is -2.37. The first-order chi connectivity index (χ1) is 9.30. The molecule has 4 nitrogen and oxygen atoms in total. The molecule has 0 aliphatic heterocycles. The van der Waals surface area contributed by atoms with E-state index >= 15 is 0 Å². The van der Waals surface area contributed by atoms with Gasteiger partial charge in [-0.15, -0.1) is 24.8 Å². The number of benzene rings is 1. The molecule has 0 radical (unpaired) electrons. The number of nitrogens with one attached hydrogen (secondary N) is 1. The fraction of sp³-hybridized carbons (Fsp3) is 0.417. The number of carbonyl (C=O) groups excluding carboxylic acids is 1. The van der Waals surface area contributed by atoms with Crippen LogP contribution in [0.25, 0.3) is 0 Å². The predicted molar refractivity (Wildman–Crippen MR) is 66.9 cm³/mol. The summed E-state index contributed by atoms with van der Waals surface area (Å²) in [5.41, 5.74) is 0. The molecular weight excluding hydrogens is 299 g/mol. The topological polar surface area (TPSA) is 47.6 Å². The molecule has 1 aromatic carbocycles. The van der Waals surface area contributed by atoms with Crippen molar-refractivity contribution in [2.24, 2.45) is 0 Å². The Kier molecular flexibility index (Phi) is 5.94. The van der Waals surface area contributed by atoms with Crippen LogP contribution in [-0.2, 0) is 4.79 Å². The molecule has 112 valence electrons. The van der Waals surface area contributed by atoms with Crippen molar-refractivity contribution in [3.63, 3.8) is 0 Å². The molecule has 0 aliphatic carbocycles. The van der Waals surface area contributed by atoms with Crippen molar-refractivity contribution in [3.8, 4) is 11.5 Å². The maximum absolute atomic E-state index is 11.9. The van der Waals surface area contributed by atoms with Gasteiger partial charge in [-0.3, -0.25) is 4.79 Å². The average molecular weight is 312 g/mol. The summed E-state index contributed by atoms with van der Waals surface area (Å²) in [5.74, 6) is -0.426. The molecule has 0 aliphatic rings. The minimum absolute atomic E-state index is 0.145. The molecule has 1 N–H and O–H groups in total. The first-order valence-electron chi connectivity index (χ1n) is 5.64. The van der Waals surface area contributed by atoms with E-state index in [4.69, 9.17) is 16.3 Å². The van der Waals surface area contributed by atoms with Crippen molar-refractivity contribution < 1.29 is 27.4 Å². The Hall–Kier alpha value is -1.63. The van der Waals surface area contributed by atoms with Crippen molar-refractivity contribution in [1.82, 2.24) is 5.32 Å². The van der Waals surface area contributed by atoms with Crippen LogP contribution >= 0.6 is 11.6 Å². The van der Waals surface area contributed by atoms with E-state index in [1.54, 1.807) is 6.92 Å². The van der Waals surface area contributed by atoms with Gasteiger partial charge in [-0.05, 0) is 31.2 Å². The highest BCUT2D eigenvalue weighted by atomic mass is 35.5. The zero-order valence-corrected chi connectivity index (χ0v) is 11.3. The van der Waals surface area contributed by atoms with Crippen molar-refractivity contribution in [1.29, 1.82) is 0 Å². The van der Waals surface area contributed by atoms with Crippen LogP contribution in [-0.4, -0.2) is 30.8 Å². The van der Waals surface area contributed by atoms with Crippen LogP contribution in [0.1, 0.15) is 6.92 Å². The van der Waals surface area contributed by atoms with Gasteiger partial charge in [0.1, 0.15) is 24.0 Å². The standard InChI is InChI=1S/C12H13ClF3NO3/c1-8(17-11(18)6-13)7-19-9-2-4-10(5-3-9)20-12(14,15)16/h2-5,8H,6-7H2,1H3,(H,17,18). The lowest BCUT2D eigenvalue weighted by molar-refractivity contribution is -0.274. The molecule has 0 fully saturated rings. The molecule has 0 saturated heterocycles. The SMILES string of the molecule is CC(COc1ccc(OC(F)(F)F)cc1)NC(=O)CCl. The Balaban J connectivity index is 2.44. The molecule has 0 saturated carbocycles. The lowest BCUT2D eigenvalue weighted by atomic mass is 10.3. The fourth-order valence-electron chi connectivity index (χ4n) is 1.31. The Morgan fingerprint density at radius 3 is 2.35 bits per heavy atom. The molecule has 0 aromatic heterocycles. The number of ether oxygens (including phenoxy) is 2. The minimum atomic E-state index is -4.72. The third-order valence-corrected chi connectivity index (χ3v) is 2.33. The van der Waals surface area contributed by atoms with Crippen LogP contribution in [0.2, 0.25) is 0 Å². The van der Waals surface area contributed by atoms with Gasteiger partial charge >= 0.3 is 6.36 Å². The van der Waals surface area contributed by atoms with E-state index in [0.717, 1.165) is 12.1 Å². The van der Waals surface area contributed by atoms with Gasteiger partial charge in [0, 0.05) is 0 Å². The Morgan fingerprint density at radius 1 is 1.30 bits per heavy atom. The Morgan fingerprint density at radius 2 is 1.85 bits per heavy atom. The summed E-state index contributed by atoms with van der Waals surface area (Å²) < 4.78 is 44.9. The molecular formula is C12H13ClF3NO3. The molecule has 1 amide bonds. The molecule has 1 unspecified atom stereocenters. The largest absolute Gasteiger partial charge is 0.573 e. The molecule has 20 heavy (non-hydrogen) atoms. The zero-order chi connectivity index (χ0) is 15.2. The number of alkyl halides is 4. The van der Waals surface area contributed by atoms with Crippen LogP contribution in [0.5, 0.6) is 11.5 Å². The van der Waals surface area contributed by atoms with E-state index in [-0.39, 0.29) is 30.2 Å². The van der Waals surface area contributed by atoms with Gasteiger partial charge < -0.3 is 14.8 Å². The van der Waals surface area contributed by atoms with Gasteiger partial charge in [-0.2, -0.15) is 0 Å². The maximum atomic E-state index is 11.9. The second-order valence-corrected chi connectivity index (χ2v) is 4.20. The van der Waals surface area contributed by atoms with Crippen LogP contribution in [0.3, 0.4) is 0 Å². The van der Waals surface area contributed by atoms with Gasteiger partial charge in [-0.1, -0.05) is 0 Å². The maximum Gasteiger partial charge on any atom is 0.573 e. The quantitative estimate of drug-likeness (QED) is 0.822. The third-order valence-electron chi connectivity index (χ3n) is 2.09. The highest BCUT2D eigenvalue weighted by molar-refractivity contribution is 6.27. The van der Waals surface area contributed by atoms with Crippen molar-refractivity contribution >= 4 is 17.5 Å². The molecule has 0 bridgehead atoms. The number of amides is 1. The van der Waals surface area contributed by atoms with Gasteiger partial charge in [0.05, 0.1) is 6.04 Å². The third kappa shape index (κ3) is 6.51. The van der Waals surface area contributed by atoms with Gasteiger partial charge in [0.25, 0.3) is 0 Å². The number of carbonyl (C=O) groups is 1. The normalized spacial score (nSPS) is 12.7. The summed E-state index contributed by atoms with van der Waals surface area (Å²) >= 11 is 5.32. The summed E-state index contributed by atoms with van der Waals surface area (Å²) in [6, 6.07) is 4.71. The molecule has 1 aromatic rings. The lowest BCUT2D eigenvalue weighted by Gasteiger charge is -2.14. The second kappa shape index (κ2) is 7.23. The van der Waals surface area contributed by atoms with Crippen LogP contribution < -0.4 is 14.8 Å². The number of hydrogen-bond donors (Lipinski definition) is 1. The number of rotatable bonds is 6. The zero-order valence-electron chi connectivity index (χ0n) is 10.5. The van der Waals surface area contributed by atoms with Crippen LogP contribution in [0.15, 0.2) is 24.3 Å². The second-order valence-electron chi connectivity index (χ2n) is 3.93. The highest BCUT2D eigenvalue weighted by Crippen LogP contribution is 2.24. The van der Waals surface area contributed by atoms with E-state index in [9.17, 15) is 18.0 Å². The number of hydrogen-bond acceptors (Lipinski definition) is 3. The van der Waals surface area contributed by atoms with E-state index in [1.807, 2.05) is 0 Å². The van der Waals surface area contributed by atoms with Crippen LogP contribution in [0.4, 0.5) is 13.2 Å². The average Bonchev–Trinajstić information content (AvgIpc) is 2.36. The Bertz CT molecular complexity index is 437. The van der Waals surface area contributed by atoms with Crippen molar-refractivity contribution in [2.45, 2.75) is 19.3 Å². The summed E-state index contributed by atoms with van der Waals surface area (Å²) in [5, 5.41) is 2.57. The van der Waals surface area contributed by atoms with Crippen molar-refractivity contribution in [3.05, 3.63) is 24.3 Å². The van der Waals surface area contributed by atoms with E-state index < -0.39 is 6.36 Å². The molecule has 0 heterocycles. The molecule has 1 rings (SSSR count). The Labute approximate surface area is 118 Å². The van der Waals surface area contributed by atoms with E-state index in [2.05, 4.69) is 10.1 Å². The van der Waals surface area contributed by atoms with E-state index in [0.29, 0.717) is 5.75 Å². The smallest absolute Gasteiger partial charge is 0.491 e. The molecule has 8 heteroatoms. The first-order valence-corrected chi connectivity index (χ1v) is 6.17. The molecule has 0 spiro atoms. The minimum Gasteiger partial charge on any atom is -0.491 e.